The summed E-state index contributed by atoms with van der Waals surface area (Å²) in [5.41, 5.74) is 2.13. The van der Waals surface area contributed by atoms with Gasteiger partial charge in [0.15, 0.2) is 0 Å². The number of phenols is 1. The third-order valence-electron chi connectivity index (χ3n) is 3.62. The van der Waals surface area contributed by atoms with Crippen LogP contribution >= 0.6 is 35.6 Å². The van der Waals surface area contributed by atoms with Crippen LogP contribution in [0.15, 0.2) is 46.0 Å². The van der Waals surface area contributed by atoms with Gasteiger partial charge in [-0.25, -0.2) is 0 Å². The van der Waals surface area contributed by atoms with Crippen molar-refractivity contribution in [2.75, 3.05) is 0 Å². The number of thiocarbonyl (C=S) groups is 1. The Balaban J connectivity index is 1.81. The van der Waals surface area contributed by atoms with Gasteiger partial charge in [0.05, 0.1) is 9.93 Å². The molecule has 0 unspecified atom stereocenters. The smallest absolute Gasteiger partial charge is 0.263 e. The maximum absolute atomic E-state index is 11.8. The van der Waals surface area contributed by atoms with Crippen molar-refractivity contribution in [1.82, 2.24) is 10.3 Å². The van der Waals surface area contributed by atoms with Gasteiger partial charge in [-0.1, -0.05) is 41.6 Å². The quantitative estimate of drug-likeness (QED) is 0.502. The molecule has 0 bridgehead atoms. The highest BCUT2D eigenvalue weighted by molar-refractivity contribution is 8.26. The molecule has 5 nitrogen and oxygen atoms in total. The highest BCUT2D eigenvalue weighted by atomic mass is 35.5. The van der Waals surface area contributed by atoms with Crippen LogP contribution < -0.4 is 5.32 Å². The van der Waals surface area contributed by atoms with E-state index in [-0.39, 0.29) is 16.7 Å². The van der Waals surface area contributed by atoms with Crippen LogP contribution in [0, 0.1) is 0 Å². The summed E-state index contributed by atoms with van der Waals surface area (Å²) in [5, 5.41) is 13.2. The van der Waals surface area contributed by atoms with Crippen molar-refractivity contribution in [3.05, 3.63) is 52.3 Å². The number of nitrogens with one attached hydrogen (secondary N) is 1. The number of carbonyl (C=O) groups excluding carboxylic acids is 1. The normalized spacial score (nSPS) is 16.0. The summed E-state index contributed by atoms with van der Waals surface area (Å²) in [7, 11) is 0. The lowest BCUT2D eigenvalue weighted by Gasteiger charge is -2.04. The molecule has 1 aromatic carbocycles. The fourth-order valence-corrected chi connectivity index (χ4v) is 3.69. The van der Waals surface area contributed by atoms with E-state index in [9.17, 15) is 9.90 Å². The fraction of sp³-hybridized carbons (Fsp3) is 0. The van der Waals surface area contributed by atoms with Gasteiger partial charge in [0, 0.05) is 29.4 Å². The highest BCUT2D eigenvalue weighted by Gasteiger charge is 2.23. The topological polar surface area (TPSA) is 75.4 Å². The molecule has 1 fully saturated rings. The van der Waals surface area contributed by atoms with Crippen LogP contribution in [0.5, 0.6) is 5.75 Å². The summed E-state index contributed by atoms with van der Waals surface area (Å²) < 4.78 is 6.34. The summed E-state index contributed by atoms with van der Waals surface area (Å²) in [6, 6.07) is 6.70. The molecular weight excluding hydrogens is 380 g/mol. The second-order valence-corrected chi connectivity index (χ2v) is 7.40. The second-order valence-electron chi connectivity index (χ2n) is 5.27. The van der Waals surface area contributed by atoms with Crippen molar-refractivity contribution < 1.29 is 14.3 Å². The third-order valence-corrected chi connectivity index (χ3v) is 5.08. The summed E-state index contributed by atoms with van der Waals surface area (Å²) in [5.74, 6) is 0.297. The predicted molar refractivity (Wildman–Crippen MR) is 102 cm³/mol. The summed E-state index contributed by atoms with van der Waals surface area (Å²) >= 11 is 12.2. The van der Waals surface area contributed by atoms with E-state index < -0.39 is 0 Å². The first kappa shape index (κ1) is 16.1. The molecule has 4 rings (SSSR count). The zero-order valence-electron chi connectivity index (χ0n) is 12.4. The summed E-state index contributed by atoms with van der Waals surface area (Å²) in [6.07, 6.45) is 4.99. The van der Waals surface area contributed by atoms with E-state index >= 15 is 0 Å². The lowest BCUT2D eigenvalue weighted by Crippen LogP contribution is -2.17. The summed E-state index contributed by atoms with van der Waals surface area (Å²) in [4.78, 5) is 16.5. The predicted octanol–water partition coefficient (Wildman–Crippen LogP) is 4.34. The Morgan fingerprint density at radius 2 is 2.16 bits per heavy atom. The molecule has 124 valence electrons. The number of fused-ring (bicyclic) bond motifs is 1. The van der Waals surface area contributed by atoms with Gasteiger partial charge in [-0.3, -0.25) is 9.78 Å². The molecule has 0 radical (unpaired) electrons. The molecule has 1 aliphatic rings. The van der Waals surface area contributed by atoms with Crippen LogP contribution in [0.3, 0.4) is 0 Å². The number of nitrogens with zero attached hydrogens (tertiary/aromatic N) is 1. The molecule has 0 saturated carbocycles. The number of halogens is 1. The van der Waals surface area contributed by atoms with Crippen LogP contribution in [-0.4, -0.2) is 20.3 Å². The number of aromatic nitrogens is 1. The fourth-order valence-electron chi connectivity index (χ4n) is 2.48. The van der Waals surface area contributed by atoms with E-state index in [0.29, 0.717) is 20.6 Å². The average Bonchev–Trinajstić information content (AvgIpc) is 3.12. The van der Waals surface area contributed by atoms with E-state index in [1.807, 2.05) is 0 Å². The molecule has 25 heavy (non-hydrogen) atoms. The lowest BCUT2D eigenvalue weighted by molar-refractivity contribution is -0.115. The molecule has 0 atom stereocenters. The first-order chi connectivity index (χ1) is 12.0. The van der Waals surface area contributed by atoms with E-state index in [0.717, 1.165) is 16.5 Å². The van der Waals surface area contributed by atoms with Crippen LogP contribution in [0.4, 0.5) is 0 Å². The van der Waals surface area contributed by atoms with Crippen LogP contribution in [0.2, 0.25) is 5.02 Å². The standard InChI is InChI=1S/C17H9ClN2O3S2/c18-12-4-8(1-2-13(12)21)11-7-19-6-9-3-10(23-15(9)11)5-14-16(22)20-17(24)25-14/h1-7,21H,(H,20,22,24)/b14-5-. The minimum atomic E-state index is -0.237. The average molecular weight is 389 g/mol. The van der Waals surface area contributed by atoms with Crippen LogP contribution in [-0.2, 0) is 4.79 Å². The molecule has 2 N–H and O–H groups in total. The maximum Gasteiger partial charge on any atom is 0.263 e. The number of amides is 1. The Morgan fingerprint density at radius 3 is 2.88 bits per heavy atom. The minimum Gasteiger partial charge on any atom is -0.506 e. The van der Waals surface area contributed by atoms with Crippen molar-refractivity contribution in [3.63, 3.8) is 0 Å². The first-order valence-electron chi connectivity index (χ1n) is 7.12. The van der Waals surface area contributed by atoms with Gasteiger partial charge in [0.25, 0.3) is 5.91 Å². The minimum absolute atomic E-state index is 0.00987. The Kier molecular flexibility index (Phi) is 3.99. The van der Waals surface area contributed by atoms with Gasteiger partial charge in [-0.05, 0) is 23.8 Å². The van der Waals surface area contributed by atoms with Gasteiger partial charge in [-0.2, -0.15) is 0 Å². The van der Waals surface area contributed by atoms with Crippen molar-refractivity contribution in [2.45, 2.75) is 0 Å². The number of hydrogen-bond donors (Lipinski definition) is 2. The van der Waals surface area contributed by atoms with Gasteiger partial charge in [0.1, 0.15) is 21.4 Å². The Bertz CT molecular complexity index is 1070. The molecule has 2 aromatic heterocycles. The Hall–Kier alpha value is -2.35. The molecule has 3 aromatic rings. The molecule has 1 amide bonds. The zero-order valence-corrected chi connectivity index (χ0v) is 14.8. The molecule has 0 aliphatic carbocycles. The molecule has 1 aliphatic heterocycles. The number of phenolic OH excluding ortho intramolecular Hbond substituents is 1. The van der Waals surface area contributed by atoms with Gasteiger partial charge >= 0.3 is 0 Å². The SMILES string of the molecule is O=C1NC(=S)S/C1=C\c1cc2cncc(-c3ccc(O)c(Cl)c3)c2o1. The van der Waals surface area contributed by atoms with Crippen molar-refractivity contribution in [1.29, 1.82) is 0 Å². The molecule has 1 saturated heterocycles. The van der Waals surface area contributed by atoms with Gasteiger partial charge in [-0.15, -0.1) is 0 Å². The highest BCUT2D eigenvalue weighted by Crippen LogP contribution is 2.35. The van der Waals surface area contributed by atoms with E-state index in [4.69, 9.17) is 28.2 Å². The zero-order chi connectivity index (χ0) is 17.6. The van der Waals surface area contributed by atoms with Crippen molar-refractivity contribution >= 4 is 62.9 Å². The maximum atomic E-state index is 11.8. The number of furan rings is 1. The second kappa shape index (κ2) is 6.18. The molecular formula is C17H9ClN2O3S2. The summed E-state index contributed by atoms with van der Waals surface area (Å²) in [6.45, 7) is 0. The van der Waals surface area contributed by atoms with Crippen LogP contribution in [0.25, 0.3) is 28.2 Å². The molecule has 3 heterocycles. The number of thioether (sulfide) groups is 1. The number of benzene rings is 1. The van der Waals surface area contributed by atoms with E-state index in [2.05, 4.69) is 10.3 Å². The monoisotopic (exact) mass is 388 g/mol. The van der Waals surface area contributed by atoms with Gasteiger partial charge in [0.2, 0.25) is 0 Å². The molecule has 0 spiro atoms. The van der Waals surface area contributed by atoms with E-state index in [1.54, 1.807) is 36.7 Å². The number of aromatic hydroxyl groups is 1. The van der Waals surface area contributed by atoms with E-state index in [1.165, 1.54) is 17.8 Å². The Labute approximate surface area is 156 Å². The lowest BCUT2D eigenvalue weighted by atomic mass is 10.1. The van der Waals surface area contributed by atoms with Gasteiger partial charge < -0.3 is 14.8 Å². The van der Waals surface area contributed by atoms with Crippen LogP contribution in [0.1, 0.15) is 5.76 Å². The van der Waals surface area contributed by atoms with Crippen molar-refractivity contribution in [3.8, 4) is 16.9 Å². The first-order valence-corrected chi connectivity index (χ1v) is 8.73. The number of carbonyl (C=O) groups is 1. The number of rotatable bonds is 2. The number of pyridine rings is 1. The Morgan fingerprint density at radius 1 is 1.32 bits per heavy atom. The largest absolute Gasteiger partial charge is 0.506 e. The number of hydrogen-bond acceptors (Lipinski definition) is 6. The molecule has 8 heteroatoms. The third kappa shape index (κ3) is 3.02. The van der Waals surface area contributed by atoms with Crippen molar-refractivity contribution in [2.24, 2.45) is 0 Å².